The third-order valence-electron chi connectivity index (χ3n) is 8.78. The summed E-state index contributed by atoms with van der Waals surface area (Å²) in [6.07, 6.45) is 0. The lowest BCUT2D eigenvalue weighted by Crippen LogP contribution is -1.91. The van der Waals surface area contributed by atoms with E-state index in [2.05, 4.69) is 151 Å². The summed E-state index contributed by atoms with van der Waals surface area (Å²) in [6.45, 7) is 0. The van der Waals surface area contributed by atoms with Crippen LogP contribution in [0.2, 0.25) is 0 Å². The van der Waals surface area contributed by atoms with Crippen molar-refractivity contribution in [3.63, 3.8) is 0 Å². The Balaban J connectivity index is 1.38. The Labute approximate surface area is 237 Å². The molecular formula is C40H25N. The van der Waals surface area contributed by atoms with E-state index in [1.54, 1.807) is 0 Å². The summed E-state index contributed by atoms with van der Waals surface area (Å²) in [7, 11) is 0. The van der Waals surface area contributed by atoms with E-state index in [9.17, 15) is 0 Å². The van der Waals surface area contributed by atoms with Crippen molar-refractivity contribution < 1.29 is 0 Å². The van der Waals surface area contributed by atoms with Crippen LogP contribution in [0.3, 0.4) is 0 Å². The van der Waals surface area contributed by atoms with E-state index < -0.39 is 0 Å². The summed E-state index contributed by atoms with van der Waals surface area (Å²) in [6, 6.07) is 53.2. The first-order chi connectivity index (χ1) is 20.3. The Morgan fingerprint density at radius 3 is 1.59 bits per heavy atom. The molecule has 0 saturated carbocycles. The molecule has 190 valence electrons. The second kappa shape index (κ2) is 8.55. The zero-order valence-corrected chi connectivity index (χ0v) is 22.4. The molecule has 9 aromatic rings. The van der Waals surface area contributed by atoms with E-state index in [1.807, 2.05) is 0 Å². The molecule has 0 fully saturated rings. The largest absolute Gasteiger partial charge is 0.354 e. The number of fused-ring (bicyclic) bond motifs is 8. The predicted molar refractivity (Wildman–Crippen MR) is 177 cm³/mol. The van der Waals surface area contributed by atoms with Crippen LogP contribution in [0.25, 0.3) is 87.1 Å². The minimum atomic E-state index is 1.17. The molecule has 0 aliphatic rings. The van der Waals surface area contributed by atoms with Crippen molar-refractivity contribution in [3.05, 3.63) is 146 Å². The maximum absolute atomic E-state index is 3.78. The van der Waals surface area contributed by atoms with Gasteiger partial charge in [0.05, 0.1) is 5.52 Å². The van der Waals surface area contributed by atoms with Crippen molar-refractivity contribution >= 4 is 64.9 Å². The number of benzene rings is 8. The number of rotatable bonds is 2. The van der Waals surface area contributed by atoms with Crippen molar-refractivity contribution in [1.82, 2.24) is 4.98 Å². The Kier molecular flexibility index (Phi) is 4.67. The van der Waals surface area contributed by atoms with Gasteiger partial charge in [0.2, 0.25) is 0 Å². The first-order valence-electron chi connectivity index (χ1n) is 14.2. The number of aromatic amines is 1. The summed E-state index contributed by atoms with van der Waals surface area (Å²) < 4.78 is 0. The molecule has 1 N–H and O–H groups in total. The summed E-state index contributed by atoms with van der Waals surface area (Å²) in [4.78, 5) is 3.78. The molecule has 0 amide bonds. The Bertz CT molecular complexity index is 2410. The van der Waals surface area contributed by atoms with E-state index in [0.717, 1.165) is 0 Å². The van der Waals surface area contributed by atoms with Gasteiger partial charge in [-0.1, -0.05) is 140 Å². The third-order valence-corrected chi connectivity index (χ3v) is 8.78. The number of aromatic nitrogens is 1. The van der Waals surface area contributed by atoms with Crippen LogP contribution in [0.5, 0.6) is 0 Å². The lowest BCUT2D eigenvalue weighted by molar-refractivity contribution is 1.56. The van der Waals surface area contributed by atoms with Gasteiger partial charge in [0.15, 0.2) is 0 Å². The highest BCUT2D eigenvalue weighted by Crippen LogP contribution is 2.46. The Hall–Kier alpha value is -5.40. The van der Waals surface area contributed by atoms with Crippen LogP contribution >= 0.6 is 0 Å². The number of hydrogen-bond donors (Lipinski definition) is 1. The highest BCUT2D eigenvalue weighted by molar-refractivity contribution is 6.24. The summed E-state index contributed by atoms with van der Waals surface area (Å²) in [5.74, 6) is 0. The molecule has 0 aliphatic carbocycles. The number of hydrogen-bond acceptors (Lipinski definition) is 0. The van der Waals surface area contributed by atoms with E-state index >= 15 is 0 Å². The third kappa shape index (κ3) is 3.24. The van der Waals surface area contributed by atoms with Crippen LogP contribution < -0.4 is 0 Å². The fourth-order valence-electron chi connectivity index (χ4n) is 6.98. The first-order valence-corrected chi connectivity index (χ1v) is 14.2. The summed E-state index contributed by atoms with van der Waals surface area (Å²) in [5, 5.41) is 12.7. The van der Waals surface area contributed by atoms with Gasteiger partial charge in [-0.05, 0) is 66.0 Å². The van der Waals surface area contributed by atoms with Gasteiger partial charge in [0, 0.05) is 21.7 Å². The van der Waals surface area contributed by atoms with E-state index in [4.69, 9.17) is 0 Å². The fraction of sp³-hybridized carbons (Fsp3) is 0. The highest BCUT2D eigenvalue weighted by atomic mass is 14.7. The zero-order chi connectivity index (χ0) is 26.9. The van der Waals surface area contributed by atoms with Crippen LogP contribution in [-0.2, 0) is 0 Å². The average Bonchev–Trinajstić information content (AvgIpc) is 3.42. The van der Waals surface area contributed by atoms with Crippen molar-refractivity contribution in [3.8, 4) is 22.3 Å². The molecule has 1 aromatic heterocycles. The number of H-pyrrole nitrogens is 1. The zero-order valence-electron chi connectivity index (χ0n) is 22.4. The molecule has 1 nitrogen and oxygen atoms in total. The molecule has 0 aliphatic heterocycles. The van der Waals surface area contributed by atoms with Gasteiger partial charge in [-0.3, -0.25) is 0 Å². The maximum Gasteiger partial charge on any atom is 0.0544 e. The van der Waals surface area contributed by atoms with Gasteiger partial charge in [-0.2, -0.15) is 0 Å². The van der Waals surface area contributed by atoms with Crippen LogP contribution in [-0.4, -0.2) is 4.98 Å². The SMILES string of the molecule is c1ccc2c(-c3c4ccccc4c(-c4ccc5c(c4)[nH]c4c6ccccc6ccc54)c4ccccc34)cccc2c1. The van der Waals surface area contributed by atoms with E-state index in [-0.39, 0.29) is 0 Å². The van der Waals surface area contributed by atoms with Crippen molar-refractivity contribution in [1.29, 1.82) is 0 Å². The molecule has 0 unspecified atom stereocenters. The van der Waals surface area contributed by atoms with Crippen molar-refractivity contribution in [2.24, 2.45) is 0 Å². The molecule has 9 rings (SSSR count). The van der Waals surface area contributed by atoms with Gasteiger partial charge < -0.3 is 4.98 Å². The van der Waals surface area contributed by atoms with Crippen LogP contribution in [0.15, 0.2) is 146 Å². The first kappa shape index (κ1) is 22.4. The van der Waals surface area contributed by atoms with Gasteiger partial charge in [-0.25, -0.2) is 0 Å². The minimum Gasteiger partial charge on any atom is -0.354 e. The second-order valence-electron chi connectivity index (χ2n) is 11.0. The van der Waals surface area contributed by atoms with Crippen molar-refractivity contribution in [2.45, 2.75) is 0 Å². The molecule has 0 saturated heterocycles. The van der Waals surface area contributed by atoms with Crippen molar-refractivity contribution in [2.75, 3.05) is 0 Å². The minimum absolute atomic E-state index is 1.17. The Morgan fingerprint density at radius 2 is 0.878 bits per heavy atom. The number of nitrogens with one attached hydrogen (secondary N) is 1. The molecule has 1 heterocycles. The average molecular weight is 520 g/mol. The predicted octanol–water partition coefficient (Wildman–Crippen LogP) is 11.3. The highest BCUT2D eigenvalue weighted by Gasteiger charge is 2.18. The van der Waals surface area contributed by atoms with E-state index in [0.29, 0.717) is 0 Å². The molecule has 1 heteroatoms. The van der Waals surface area contributed by atoms with Gasteiger partial charge in [0.25, 0.3) is 0 Å². The lowest BCUT2D eigenvalue weighted by atomic mass is 9.84. The van der Waals surface area contributed by atoms with Gasteiger partial charge >= 0.3 is 0 Å². The normalized spacial score (nSPS) is 11.9. The molecular weight excluding hydrogens is 494 g/mol. The second-order valence-corrected chi connectivity index (χ2v) is 11.0. The fourth-order valence-corrected chi connectivity index (χ4v) is 6.98. The molecule has 0 radical (unpaired) electrons. The molecule has 41 heavy (non-hydrogen) atoms. The Morgan fingerprint density at radius 1 is 0.341 bits per heavy atom. The monoisotopic (exact) mass is 519 g/mol. The summed E-state index contributed by atoms with van der Waals surface area (Å²) >= 11 is 0. The van der Waals surface area contributed by atoms with Crippen LogP contribution in [0.4, 0.5) is 0 Å². The molecule has 0 bridgehead atoms. The molecule has 8 aromatic carbocycles. The molecule has 0 atom stereocenters. The quantitative estimate of drug-likeness (QED) is 0.219. The maximum atomic E-state index is 3.78. The smallest absolute Gasteiger partial charge is 0.0544 e. The standard InChI is InChI=1S/C40H25N/c1-3-13-28-25(10-1)12-9-19-31(28)39-34-17-7-5-15-32(34)38(33-16-6-8-18-35(33)39)27-21-22-30-36-23-20-26-11-2-4-14-29(26)40(36)41-37(30)24-27/h1-24,41H. The van der Waals surface area contributed by atoms with E-state index in [1.165, 1.54) is 87.1 Å². The van der Waals surface area contributed by atoms with Gasteiger partial charge in [0.1, 0.15) is 0 Å². The van der Waals surface area contributed by atoms with Gasteiger partial charge in [-0.15, -0.1) is 0 Å². The lowest BCUT2D eigenvalue weighted by Gasteiger charge is -2.18. The molecule has 0 spiro atoms. The topological polar surface area (TPSA) is 15.8 Å². The van der Waals surface area contributed by atoms with Crippen LogP contribution in [0, 0.1) is 0 Å². The van der Waals surface area contributed by atoms with Crippen LogP contribution in [0.1, 0.15) is 0 Å². The summed E-state index contributed by atoms with van der Waals surface area (Å²) in [5.41, 5.74) is 7.46.